The van der Waals surface area contributed by atoms with Gasteiger partial charge in [0.05, 0.1) is 6.61 Å². The molecule has 1 amide bonds. The maximum absolute atomic E-state index is 11.1. The molecule has 112 valence electrons. The second kappa shape index (κ2) is 9.70. The fraction of sp³-hybridized carbons (Fsp3) is 0.600. The van der Waals surface area contributed by atoms with Crippen LogP contribution in [0.15, 0.2) is 5.76 Å². The van der Waals surface area contributed by atoms with Crippen LogP contribution in [-0.2, 0) is 19.2 Å². The van der Waals surface area contributed by atoms with E-state index >= 15 is 0 Å². The quantitative estimate of drug-likeness (QED) is 0.144. The molecule has 0 aliphatic heterocycles. The highest BCUT2D eigenvalue weighted by atomic mass is 32.1. The number of hydrogen-bond acceptors (Lipinski definition) is 7. The molecule has 0 fully saturated rings. The van der Waals surface area contributed by atoms with Crippen molar-refractivity contribution in [2.45, 2.75) is 19.9 Å². The SMILES string of the molecule is CCOC(=C=O)C(NC(C)=O)C(=S)NCCO[N+](=O)[O-]. The van der Waals surface area contributed by atoms with E-state index in [1.54, 1.807) is 12.9 Å². The first-order chi connectivity index (χ1) is 9.42. The van der Waals surface area contributed by atoms with E-state index in [9.17, 15) is 19.7 Å². The standard InChI is InChI=1S/C10H15N3O6S/c1-3-18-8(6-14)9(12-7(2)15)10(20)11-4-5-19-13(16)17/h9H,3-5H2,1-2H3,(H,11,20)(H,12,15). The summed E-state index contributed by atoms with van der Waals surface area (Å²) in [7, 11) is 0. The Balaban J connectivity index is 4.60. The van der Waals surface area contributed by atoms with Crippen molar-refractivity contribution in [3.63, 3.8) is 0 Å². The van der Waals surface area contributed by atoms with Crippen molar-refractivity contribution >= 4 is 29.1 Å². The van der Waals surface area contributed by atoms with Crippen molar-refractivity contribution < 1.29 is 24.3 Å². The molecule has 0 aromatic heterocycles. The largest absolute Gasteiger partial charge is 0.485 e. The Morgan fingerprint density at radius 2 is 2.20 bits per heavy atom. The number of carbonyl (C=O) groups excluding carboxylic acids is 2. The lowest BCUT2D eigenvalue weighted by atomic mass is 10.2. The Bertz CT molecular complexity index is 421. The average molecular weight is 305 g/mol. The van der Waals surface area contributed by atoms with Crippen molar-refractivity contribution in [1.29, 1.82) is 0 Å². The van der Waals surface area contributed by atoms with Gasteiger partial charge in [-0.3, -0.25) is 4.79 Å². The van der Waals surface area contributed by atoms with Gasteiger partial charge in [-0.1, -0.05) is 12.2 Å². The molecule has 10 heteroatoms. The zero-order valence-corrected chi connectivity index (χ0v) is 11.8. The fourth-order valence-corrected chi connectivity index (χ4v) is 1.45. The molecule has 0 bridgehead atoms. The minimum absolute atomic E-state index is 0.0359. The molecule has 0 aromatic rings. The van der Waals surface area contributed by atoms with Crippen LogP contribution in [0.1, 0.15) is 13.8 Å². The average Bonchev–Trinajstić information content (AvgIpc) is 2.38. The molecule has 0 radical (unpaired) electrons. The Morgan fingerprint density at radius 1 is 1.55 bits per heavy atom. The predicted octanol–water partition coefficient (Wildman–Crippen LogP) is -0.632. The number of thiocarbonyl (C=S) groups is 1. The van der Waals surface area contributed by atoms with Crippen molar-refractivity contribution in [2.75, 3.05) is 19.8 Å². The molecule has 2 N–H and O–H groups in total. The smallest absolute Gasteiger partial charge is 0.294 e. The number of hydrogen-bond donors (Lipinski definition) is 2. The lowest BCUT2D eigenvalue weighted by molar-refractivity contribution is -0.757. The topological polar surface area (TPSA) is 120 Å². The molecule has 1 unspecified atom stereocenters. The van der Waals surface area contributed by atoms with E-state index in [0.29, 0.717) is 0 Å². The van der Waals surface area contributed by atoms with E-state index < -0.39 is 17.0 Å². The van der Waals surface area contributed by atoms with Crippen molar-refractivity contribution in [3.05, 3.63) is 15.9 Å². The summed E-state index contributed by atoms with van der Waals surface area (Å²) in [6.07, 6.45) is 0. The van der Waals surface area contributed by atoms with Gasteiger partial charge in [-0.2, -0.15) is 0 Å². The van der Waals surface area contributed by atoms with Crippen LogP contribution in [-0.4, -0.2) is 47.7 Å². The van der Waals surface area contributed by atoms with Crippen LogP contribution in [0, 0.1) is 10.1 Å². The van der Waals surface area contributed by atoms with Gasteiger partial charge < -0.3 is 20.2 Å². The minimum Gasteiger partial charge on any atom is -0.485 e. The van der Waals surface area contributed by atoms with Crippen LogP contribution in [0.2, 0.25) is 0 Å². The van der Waals surface area contributed by atoms with E-state index in [-0.39, 0.29) is 30.5 Å². The predicted molar refractivity (Wildman–Crippen MR) is 72.0 cm³/mol. The summed E-state index contributed by atoms with van der Waals surface area (Å²) < 4.78 is 5.03. The van der Waals surface area contributed by atoms with E-state index in [1.807, 2.05) is 0 Å². The highest BCUT2D eigenvalue weighted by Crippen LogP contribution is 2.03. The number of amides is 1. The van der Waals surface area contributed by atoms with E-state index in [4.69, 9.17) is 17.0 Å². The number of carbonyl (C=O) groups is 1. The van der Waals surface area contributed by atoms with Crippen LogP contribution in [0.4, 0.5) is 0 Å². The first kappa shape index (κ1) is 17.8. The van der Waals surface area contributed by atoms with Gasteiger partial charge in [-0.15, -0.1) is 10.1 Å². The van der Waals surface area contributed by atoms with Gasteiger partial charge in [0.25, 0.3) is 5.09 Å². The van der Waals surface area contributed by atoms with Crippen molar-refractivity contribution in [3.8, 4) is 0 Å². The molecule has 0 rings (SSSR count). The molecular formula is C10H15N3O6S. The zero-order valence-electron chi connectivity index (χ0n) is 11.0. The molecule has 20 heavy (non-hydrogen) atoms. The normalized spacial score (nSPS) is 10.7. The third-order valence-corrected chi connectivity index (χ3v) is 2.25. The van der Waals surface area contributed by atoms with Gasteiger partial charge in [0.15, 0.2) is 5.94 Å². The number of nitrogens with one attached hydrogen (secondary N) is 2. The molecular weight excluding hydrogens is 290 g/mol. The highest BCUT2D eigenvalue weighted by Gasteiger charge is 2.23. The van der Waals surface area contributed by atoms with Crippen molar-refractivity contribution in [1.82, 2.24) is 10.6 Å². The van der Waals surface area contributed by atoms with Crippen LogP contribution in [0.5, 0.6) is 0 Å². The van der Waals surface area contributed by atoms with Crippen molar-refractivity contribution in [2.24, 2.45) is 0 Å². The first-order valence-electron chi connectivity index (χ1n) is 5.62. The van der Waals surface area contributed by atoms with E-state index in [0.717, 1.165) is 0 Å². The van der Waals surface area contributed by atoms with Gasteiger partial charge in [-0.05, 0) is 6.92 Å². The number of nitrogens with zero attached hydrogens (tertiary/aromatic N) is 1. The number of rotatable bonds is 9. The summed E-state index contributed by atoms with van der Waals surface area (Å²) in [4.78, 5) is 36.0. The van der Waals surface area contributed by atoms with Gasteiger partial charge in [-0.25, -0.2) is 4.79 Å². The second-order valence-corrected chi connectivity index (χ2v) is 3.82. The Labute approximate surface area is 120 Å². The Morgan fingerprint density at radius 3 is 2.65 bits per heavy atom. The maximum Gasteiger partial charge on any atom is 0.294 e. The van der Waals surface area contributed by atoms with Crippen LogP contribution >= 0.6 is 12.2 Å². The van der Waals surface area contributed by atoms with E-state index in [1.165, 1.54) is 6.92 Å². The highest BCUT2D eigenvalue weighted by molar-refractivity contribution is 7.80. The lowest BCUT2D eigenvalue weighted by Crippen LogP contribution is -2.47. The molecule has 9 nitrogen and oxygen atoms in total. The van der Waals surface area contributed by atoms with Gasteiger partial charge in [0, 0.05) is 13.5 Å². The minimum atomic E-state index is -0.976. The molecule has 1 atom stereocenters. The molecule has 0 aliphatic carbocycles. The van der Waals surface area contributed by atoms with Gasteiger partial charge in [0.2, 0.25) is 11.7 Å². The number of ether oxygens (including phenoxy) is 1. The second-order valence-electron chi connectivity index (χ2n) is 3.38. The summed E-state index contributed by atoms with van der Waals surface area (Å²) in [5.74, 6) is 0.967. The van der Waals surface area contributed by atoms with Crippen LogP contribution < -0.4 is 10.6 Å². The fourth-order valence-electron chi connectivity index (χ4n) is 1.18. The Kier molecular flexibility index (Phi) is 8.64. The van der Waals surface area contributed by atoms with Crippen LogP contribution in [0.25, 0.3) is 0 Å². The summed E-state index contributed by atoms with van der Waals surface area (Å²) >= 11 is 5.00. The summed E-state index contributed by atoms with van der Waals surface area (Å²) in [5.41, 5.74) is 0. The monoisotopic (exact) mass is 305 g/mol. The zero-order chi connectivity index (χ0) is 15.5. The van der Waals surface area contributed by atoms with Crippen LogP contribution in [0.3, 0.4) is 0 Å². The summed E-state index contributed by atoms with van der Waals surface area (Å²) in [5, 5.41) is 14.1. The third-order valence-electron chi connectivity index (χ3n) is 1.87. The molecule has 0 aliphatic rings. The lowest BCUT2D eigenvalue weighted by Gasteiger charge is -2.20. The molecule has 0 saturated heterocycles. The summed E-state index contributed by atoms with van der Waals surface area (Å²) in [6, 6.07) is -0.976. The molecule has 0 aromatic carbocycles. The van der Waals surface area contributed by atoms with E-state index in [2.05, 4.69) is 15.5 Å². The molecule has 0 saturated carbocycles. The molecule has 0 heterocycles. The third kappa shape index (κ3) is 7.29. The first-order valence-corrected chi connectivity index (χ1v) is 6.03. The maximum atomic E-state index is 11.1. The Hall–Kier alpha value is -2.19. The molecule has 0 spiro atoms. The van der Waals surface area contributed by atoms with Gasteiger partial charge >= 0.3 is 0 Å². The summed E-state index contributed by atoms with van der Waals surface area (Å²) in [6.45, 7) is 2.92. The van der Waals surface area contributed by atoms with Gasteiger partial charge in [0.1, 0.15) is 17.6 Å².